The van der Waals surface area contributed by atoms with E-state index in [1.807, 2.05) is 0 Å². The van der Waals surface area contributed by atoms with Crippen LogP contribution in [0.1, 0.15) is 11.1 Å². The minimum atomic E-state index is -4.48. The number of nitrogens with one attached hydrogen (secondary N) is 1. The number of ether oxygens (including phenoxy) is 2. The van der Waals surface area contributed by atoms with Crippen LogP contribution in [0.3, 0.4) is 0 Å². The molecule has 2 aromatic rings. The minimum Gasteiger partial charge on any atom is -0.502 e. The number of nitrogens with zero attached hydrogens (tertiary/aromatic N) is 1. The van der Waals surface area contributed by atoms with Crippen LogP contribution in [0.15, 0.2) is 46.3 Å². The molecule has 0 bridgehead atoms. The number of carbonyl (C=O) groups is 1. The lowest BCUT2D eigenvalue weighted by Gasteiger charge is -2.09. The second-order valence-corrected chi connectivity index (χ2v) is 6.83. The quantitative estimate of drug-likeness (QED) is 0.715. The zero-order valence-electron chi connectivity index (χ0n) is 15.2. The third-order valence-electron chi connectivity index (χ3n) is 3.85. The zero-order chi connectivity index (χ0) is 21.2. The number of benzene rings is 2. The van der Waals surface area contributed by atoms with Gasteiger partial charge in [-0.05, 0) is 53.7 Å². The molecular formula is C19H15F3N2O4S. The Morgan fingerprint density at radius 3 is 2.38 bits per heavy atom. The van der Waals surface area contributed by atoms with E-state index >= 15 is 0 Å². The minimum absolute atomic E-state index is 0.0665. The van der Waals surface area contributed by atoms with Gasteiger partial charge in [0.1, 0.15) is 0 Å². The molecule has 1 amide bonds. The first kappa shape index (κ1) is 20.6. The van der Waals surface area contributed by atoms with Crippen molar-refractivity contribution in [1.82, 2.24) is 5.32 Å². The molecule has 0 atom stereocenters. The molecule has 0 aliphatic carbocycles. The van der Waals surface area contributed by atoms with E-state index in [0.717, 1.165) is 23.9 Å². The summed E-state index contributed by atoms with van der Waals surface area (Å²) in [4.78, 5) is 16.6. The van der Waals surface area contributed by atoms with Gasteiger partial charge in [0.25, 0.3) is 5.91 Å². The number of hydrogen-bond acceptors (Lipinski definition) is 6. The van der Waals surface area contributed by atoms with E-state index in [1.165, 1.54) is 44.6 Å². The molecular weight excluding hydrogens is 409 g/mol. The van der Waals surface area contributed by atoms with Crippen LogP contribution in [-0.4, -0.2) is 30.4 Å². The molecule has 3 rings (SSSR count). The first-order valence-electron chi connectivity index (χ1n) is 8.13. The normalized spacial score (nSPS) is 16.9. The fourth-order valence-electron chi connectivity index (χ4n) is 2.50. The maximum absolute atomic E-state index is 12.8. The Morgan fingerprint density at radius 2 is 1.79 bits per heavy atom. The van der Waals surface area contributed by atoms with E-state index in [1.54, 1.807) is 0 Å². The summed E-state index contributed by atoms with van der Waals surface area (Å²) in [5.74, 6) is -0.297. The molecule has 0 radical (unpaired) electrons. The van der Waals surface area contributed by atoms with Crippen molar-refractivity contribution in [3.05, 3.63) is 52.4 Å². The van der Waals surface area contributed by atoms with Crippen molar-refractivity contribution in [2.75, 3.05) is 14.2 Å². The molecule has 1 saturated heterocycles. The highest BCUT2D eigenvalue weighted by Crippen LogP contribution is 2.39. The smallest absolute Gasteiger partial charge is 0.416 e. The number of halogens is 3. The van der Waals surface area contributed by atoms with Gasteiger partial charge in [0.15, 0.2) is 16.7 Å². The van der Waals surface area contributed by atoms with Crippen LogP contribution in [0.4, 0.5) is 18.9 Å². The Hall–Kier alpha value is -3.14. The van der Waals surface area contributed by atoms with Crippen LogP contribution in [0.2, 0.25) is 0 Å². The van der Waals surface area contributed by atoms with Gasteiger partial charge in [-0.2, -0.15) is 13.2 Å². The summed E-state index contributed by atoms with van der Waals surface area (Å²) in [7, 11) is 2.75. The van der Waals surface area contributed by atoms with Crippen molar-refractivity contribution in [3.8, 4) is 17.2 Å². The number of amides is 1. The highest BCUT2D eigenvalue weighted by Gasteiger charge is 2.30. The largest absolute Gasteiger partial charge is 0.502 e. The van der Waals surface area contributed by atoms with E-state index in [0.29, 0.717) is 5.56 Å². The van der Waals surface area contributed by atoms with Crippen LogP contribution in [0.5, 0.6) is 17.2 Å². The SMILES string of the molecule is COc1cc(/C=C2\SC(=Nc3cccc(C(F)(F)F)c3)NC2=O)cc(OC)c1O. The number of rotatable bonds is 4. The van der Waals surface area contributed by atoms with E-state index in [4.69, 9.17) is 9.47 Å². The average Bonchev–Trinajstić information content (AvgIpc) is 3.01. The maximum Gasteiger partial charge on any atom is 0.416 e. The molecule has 1 fully saturated rings. The molecule has 1 aliphatic rings. The van der Waals surface area contributed by atoms with Crippen molar-refractivity contribution in [3.63, 3.8) is 0 Å². The molecule has 1 heterocycles. The van der Waals surface area contributed by atoms with Gasteiger partial charge in [-0.25, -0.2) is 4.99 Å². The maximum atomic E-state index is 12.8. The highest BCUT2D eigenvalue weighted by atomic mass is 32.2. The molecule has 0 spiro atoms. The van der Waals surface area contributed by atoms with Crippen molar-refractivity contribution in [2.45, 2.75) is 6.18 Å². The number of phenols is 1. The number of aromatic hydroxyl groups is 1. The molecule has 29 heavy (non-hydrogen) atoms. The van der Waals surface area contributed by atoms with Gasteiger partial charge in [0.05, 0.1) is 30.4 Å². The number of thioether (sulfide) groups is 1. The summed E-state index contributed by atoms with van der Waals surface area (Å²) < 4.78 is 48.6. The molecule has 0 unspecified atom stereocenters. The van der Waals surface area contributed by atoms with Crippen LogP contribution < -0.4 is 14.8 Å². The molecule has 6 nitrogen and oxygen atoms in total. The predicted molar refractivity (Wildman–Crippen MR) is 103 cm³/mol. The van der Waals surface area contributed by atoms with E-state index in [2.05, 4.69) is 10.3 Å². The number of hydrogen-bond donors (Lipinski definition) is 2. The fourth-order valence-corrected chi connectivity index (χ4v) is 3.34. The van der Waals surface area contributed by atoms with Crippen molar-refractivity contribution >= 4 is 34.6 Å². The molecule has 0 aromatic heterocycles. The van der Waals surface area contributed by atoms with Gasteiger partial charge >= 0.3 is 6.18 Å². The number of phenolic OH excluding ortho intramolecular Hbond substituents is 1. The molecule has 0 saturated carbocycles. The monoisotopic (exact) mass is 424 g/mol. The standard InChI is InChI=1S/C19H15F3N2O4S/c1-27-13-6-10(7-14(28-2)16(13)25)8-15-17(26)24-18(29-15)23-12-5-3-4-11(9-12)19(20,21)22/h3-9,25H,1-2H3,(H,23,24,26)/b15-8-. The van der Waals surface area contributed by atoms with Gasteiger partial charge < -0.3 is 19.9 Å². The van der Waals surface area contributed by atoms with Gasteiger partial charge in [-0.3, -0.25) is 4.79 Å². The van der Waals surface area contributed by atoms with Crippen LogP contribution in [0, 0.1) is 0 Å². The Labute approximate surface area is 168 Å². The Morgan fingerprint density at radius 1 is 1.14 bits per heavy atom. The lowest BCUT2D eigenvalue weighted by atomic mass is 10.1. The third kappa shape index (κ3) is 4.65. The second kappa shape index (κ2) is 8.08. The van der Waals surface area contributed by atoms with E-state index in [-0.39, 0.29) is 33.0 Å². The van der Waals surface area contributed by atoms with Crippen molar-refractivity contribution < 1.29 is 32.5 Å². The number of carbonyl (C=O) groups excluding carboxylic acids is 1. The fraction of sp³-hybridized carbons (Fsp3) is 0.158. The van der Waals surface area contributed by atoms with Crippen molar-refractivity contribution in [1.29, 1.82) is 0 Å². The first-order valence-corrected chi connectivity index (χ1v) is 8.94. The molecule has 152 valence electrons. The molecule has 2 N–H and O–H groups in total. The van der Waals surface area contributed by atoms with Gasteiger partial charge in [-0.1, -0.05) is 6.07 Å². The summed E-state index contributed by atoms with van der Waals surface area (Å²) in [6.07, 6.45) is -2.95. The lowest BCUT2D eigenvalue weighted by molar-refractivity contribution is -0.137. The number of alkyl halides is 3. The summed E-state index contributed by atoms with van der Waals surface area (Å²) in [6.45, 7) is 0. The Kier molecular flexibility index (Phi) is 5.73. The lowest BCUT2D eigenvalue weighted by Crippen LogP contribution is -2.19. The van der Waals surface area contributed by atoms with Crippen LogP contribution >= 0.6 is 11.8 Å². The number of aliphatic imine (C=N–C) groups is 1. The summed E-state index contributed by atoms with van der Waals surface area (Å²) in [5.41, 5.74) is -0.237. The van der Waals surface area contributed by atoms with Crippen LogP contribution in [0.25, 0.3) is 6.08 Å². The van der Waals surface area contributed by atoms with Crippen LogP contribution in [-0.2, 0) is 11.0 Å². The Balaban J connectivity index is 1.88. The summed E-state index contributed by atoms with van der Waals surface area (Å²) in [5, 5.41) is 12.6. The first-order chi connectivity index (χ1) is 13.7. The Bertz CT molecular complexity index is 994. The number of amidine groups is 1. The van der Waals surface area contributed by atoms with Crippen molar-refractivity contribution in [2.24, 2.45) is 4.99 Å². The topological polar surface area (TPSA) is 80.2 Å². The zero-order valence-corrected chi connectivity index (χ0v) is 16.0. The molecule has 10 heteroatoms. The van der Waals surface area contributed by atoms with E-state index < -0.39 is 17.6 Å². The summed E-state index contributed by atoms with van der Waals surface area (Å²) >= 11 is 0.978. The highest BCUT2D eigenvalue weighted by molar-refractivity contribution is 8.18. The molecule has 1 aliphatic heterocycles. The molecule has 2 aromatic carbocycles. The number of methoxy groups -OCH3 is 2. The van der Waals surface area contributed by atoms with Gasteiger partial charge in [-0.15, -0.1) is 0 Å². The van der Waals surface area contributed by atoms with Gasteiger partial charge in [0, 0.05) is 0 Å². The average molecular weight is 424 g/mol. The second-order valence-electron chi connectivity index (χ2n) is 5.80. The van der Waals surface area contributed by atoms with E-state index in [9.17, 15) is 23.1 Å². The summed E-state index contributed by atoms with van der Waals surface area (Å²) in [6, 6.07) is 7.53. The van der Waals surface area contributed by atoms with Gasteiger partial charge in [0.2, 0.25) is 5.75 Å². The third-order valence-corrected chi connectivity index (χ3v) is 4.76. The predicted octanol–water partition coefficient (Wildman–Crippen LogP) is 4.32.